The molecule has 18 heavy (non-hydrogen) atoms. The quantitative estimate of drug-likeness (QED) is 0.777. The van der Waals surface area contributed by atoms with Gasteiger partial charge in [-0.15, -0.1) is 0 Å². The second-order valence-corrected chi connectivity index (χ2v) is 6.26. The van der Waals surface area contributed by atoms with E-state index in [-0.39, 0.29) is 0 Å². The molecule has 0 spiro atoms. The lowest BCUT2D eigenvalue weighted by Crippen LogP contribution is -2.36. The highest BCUT2D eigenvalue weighted by Crippen LogP contribution is 2.14. The van der Waals surface area contributed by atoms with Crippen molar-refractivity contribution in [3.05, 3.63) is 28.7 Å². The van der Waals surface area contributed by atoms with Gasteiger partial charge in [-0.3, -0.25) is 0 Å². The third-order valence-corrected chi connectivity index (χ3v) is 4.34. The zero-order valence-electron chi connectivity index (χ0n) is 11.4. The number of nitrogens with one attached hydrogen (secondary N) is 1. The van der Waals surface area contributed by atoms with Gasteiger partial charge in [0.05, 0.1) is 0 Å². The summed E-state index contributed by atoms with van der Waals surface area (Å²) >= 11 is 5.37. The maximum absolute atomic E-state index is 3.45. The summed E-state index contributed by atoms with van der Waals surface area (Å²) in [5.41, 5.74) is 1.18. The Hall–Kier alpha value is -0.190. The van der Waals surface area contributed by atoms with E-state index in [1.807, 2.05) is 11.8 Å². The minimum absolute atomic E-state index is 0.687. The number of anilines is 1. The molecule has 0 aromatic heterocycles. The van der Waals surface area contributed by atoms with Gasteiger partial charge in [-0.1, -0.05) is 22.9 Å². The molecular weight excluding hydrogens is 308 g/mol. The Bertz CT molecular complexity index is 329. The van der Waals surface area contributed by atoms with E-state index < -0.39 is 0 Å². The standard InChI is InChI=1S/C14H23BrN2S/c1-4-14(11-18-3)17(2)10-9-16-13-7-5-12(15)6-8-13/h5-8,14,16H,4,9-11H2,1-3H3. The van der Waals surface area contributed by atoms with Crippen molar-refractivity contribution in [2.24, 2.45) is 0 Å². The van der Waals surface area contributed by atoms with Crippen LogP contribution in [0.25, 0.3) is 0 Å². The number of hydrogen-bond acceptors (Lipinski definition) is 3. The summed E-state index contributed by atoms with van der Waals surface area (Å²) in [4.78, 5) is 2.45. The van der Waals surface area contributed by atoms with Gasteiger partial charge in [0.25, 0.3) is 0 Å². The Labute approximate surface area is 124 Å². The van der Waals surface area contributed by atoms with Crippen molar-refractivity contribution >= 4 is 33.4 Å². The molecule has 1 atom stereocenters. The van der Waals surface area contributed by atoms with Crippen LogP contribution in [-0.2, 0) is 0 Å². The van der Waals surface area contributed by atoms with Crippen molar-refractivity contribution in [3.8, 4) is 0 Å². The average Bonchev–Trinajstić information content (AvgIpc) is 2.38. The first kappa shape index (κ1) is 15.9. The van der Waals surface area contributed by atoms with Crippen molar-refractivity contribution < 1.29 is 0 Å². The van der Waals surface area contributed by atoms with Crippen molar-refractivity contribution in [1.29, 1.82) is 0 Å². The Morgan fingerprint density at radius 2 is 2.00 bits per heavy atom. The topological polar surface area (TPSA) is 15.3 Å². The first-order valence-corrected chi connectivity index (χ1v) is 8.54. The average molecular weight is 331 g/mol. The van der Waals surface area contributed by atoms with Gasteiger partial charge in [0.2, 0.25) is 0 Å². The highest BCUT2D eigenvalue weighted by atomic mass is 79.9. The Morgan fingerprint density at radius 3 is 2.56 bits per heavy atom. The van der Waals surface area contributed by atoms with Gasteiger partial charge in [0, 0.05) is 35.0 Å². The van der Waals surface area contributed by atoms with Gasteiger partial charge < -0.3 is 10.2 Å². The molecular formula is C14H23BrN2S. The fourth-order valence-corrected chi connectivity index (χ4v) is 3.02. The lowest BCUT2D eigenvalue weighted by molar-refractivity contribution is 0.265. The molecule has 0 bridgehead atoms. The molecule has 1 unspecified atom stereocenters. The third-order valence-electron chi connectivity index (χ3n) is 3.09. The number of rotatable bonds is 8. The molecule has 0 fully saturated rings. The minimum Gasteiger partial charge on any atom is -0.384 e. The van der Waals surface area contributed by atoms with Crippen molar-refractivity contribution in [3.63, 3.8) is 0 Å². The zero-order chi connectivity index (χ0) is 13.4. The van der Waals surface area contributed by atoms with Gasteiger partial charge in [0.1, 0.15) is 0 Å². The largest absolute Gasteiger partial charge is 0.384 e. The van der Waals surface area contributed by atoms with Crippen LogP contribution in [0.1, 0.15) is 13.3 Å². The molecule has 1 rings (SSSR count). The summed E-state index contributed by atoms with van der Waals surface area (Å²) in [5, 5.41) is 3.45. The maximum atomic E-state index is 3.45. The Balaban J connectivity index is 2.30. The predicted molar refractivity (Wildman–Crippen MR) is 87.7 cm³/mol. The molecule has 2 nitrogen and oxygen atoms in total. The van der Waals surface area contributed by atoms with Crippen LogP contribution in [-0.4, -0.2) is 43.1 Å². The number of hydrogen-bond donors (Lipinski definition) is 1. The highest BCUT2D eigenvalue weighted by molar-refractivity contribution is 9.10. The third kappa shape index (κ3) is 5.63. The van der Waals surface area contributed by atoms with E-state index >= 15 is 0 Å². The van der Waals surface area contributed by atoms with E-state index in [0.717, 1.165) is 17.6 Å². The number of thioether (sulfide) groups is 1. The molecule has 1 N–H and O–H groups in total. The number of halogens is 1. The van der Waals surface area contributed by atoms with Crippen LogP contribution >= 0.6 is 27.7 Å². The molecule has 0 aliphatic carbocycles. The van der Waals surface area contributed by atoms with Crippen LogP contribution < -0.4 is 5.32 Å². The van der Waals surface area contributed by atoms with E-state index in [1.54, 1.807) is 0 Å². The smallest absolute Gasteiger partial charge is 0.0341 e. The van der Waals surface area contributed by atoms with Crippen molar-refractivity contribution in [2.75, 3.05) is 37.5 Å². The van der Waals surface area contributed by atoms with Crippen LogP contribution in [0.2, 0.25) is 0 Å². The van der Waals surface area contributed by atoms with Gasteiger partial charge >= 0.3 is 0 Å². The van der Waals surface area contributed by atoms with Crippen molar-refractivity contribution in [1.82, 2.24) is 4.90 Å². The van der Waals surface area contributed by atoms with Crippen LogP contribution in [0.3, 0.4) is 0 Å². The molecule has 0 amide bonds. The van der Waals surface area contributed by atoms with E-state index in [4.69, 9.17) is 0 Å². The van der Waals surface area contributed by atoms with Gasteiger partial charge in [-0.2, -0.15) is 11.8 Å². The molecule has 0 radical (unpaired) electrons. The van der Waals surface area contributed by atoms with Gasteiger partial charge in [-0.05, 0) is 44.0 Å². The lowest BCUT2D eigenvalue weighted by atomic mass is 10.2. The summed E-state index contributed by atoms with van der Waals surface area (Å²) in [6.45, 7) is 4.33. The molecule has 0 saturated heterocycles. The maximum Gasteiger partial charge on any atom is 0.0341 e. The first-order valence-electron chi connectivity index (χ1n) is 6.36. The molecule has 1 aromatic rings. The monoisotopic (exact) mass is 330 g/mol. The van der Waals surface area contributed by atoms with Gasteiger partial charge in [0.15, 0.2) is 0 Å². The normalized spacial score (nSPS) is 12.7. The summed E-state index contributed by atoms with van der Waals surface area (Å²) in [5.74, 6) is 1.21. The van der Waals surface area contributed by atoms with Crippen LogP contribution in [0, 0.1) is 0 Å². The van der Waals surface area contributed by atoms with Crippen molar-refractivity contribution in [2.45, 2.75) is 19.4 Å². The highest BCUT2D eigenvalue weighted by Gasteiger charge is 2.10. The van der Waals surface area contributed by atoms with Crippen LogP contribution in [0.15, 0.2) is 28.7 Å². The lowest BCUT2D eigenvalue weighted by Gasteiger charge is -2.26. The Morgan fingerprint density at radius 1 is 1.33 bits per heavy atom. The fourth-order valence-electron chi connectivity index (χ4n) is 1.88. The molecule has 1 aromatic carbocycles. The first-order chi connectivity index (χ1) is 8.67. The summed E-state index contributed by atoms with van der Waals surface area (Å²) in [6.07, 6.45) is 3.40. The van der Waals surface area contributed by atoms with Crippen LogP contribution in [0.5, 0.6) is 0 Å². The van der Waals surface area contributed by atoms with E-state index in [2.05, 4.69) is 70.6 Å². The second kappa shape index (κ2) is 8.83. The molecule has 0 aliphatic heterocycles. The number of nitrogens with zero attached hydrogens (tertiary/aromatic N) is 1. The molecule has 0 heterocycles. The van der Waals surface area contributed by atoms with E-state index in [0.29, 0.717) is 6.04 Å². The molecule has 102 valence electrons. The number of benzene rings is 1. The molecule has 0 aliphatic rings. The predicted octanol–water partition coefficient (Wildman–Crippen LogP) is 3.93. The SMILES string of the molecule is CCC(CSC)N(C)CCNc1ccc(Br)cc1. The Kier molecular flexibility index (Phi) is 7.79. The number of likely N-dealkylation sites (N-methyl/N-ethyl adjacent to an activating group) is 1. The second-order valence-electron chi connectivity index (χ2n) is 4.43. The molecule has 0 saturated carbocycles. The zero-order valence-corrected chi connectivity index (χ0v) is 13.9. The van der Waals surface area contributed by atoms with E-state index in [1.165, 1.54) is 17.9 Å². The van der Waals surface area contributed by atoms with Gasteiger partial charge in [-0.25, -0.2) is 0 Å². The van der Waals surface area contributed by atoms with Crippen LogP contribution in [0.4, 0.5) is 5.69 Å². The minimum atomic E-state index is 0.687. The summed E-state index contributed by atoms with van der Waals surface area (Å²) < 4.78 is 1.12. The summed E-state index contributed by atoms with van der Waals surface area (Å²) in [7, 11) is 2.22. The van der Waals surface area contributed by atoms with E-state index in [9.17, 15) is 0 Å². The molecule has 4 heteroatoms. The summed E-state index contributed by atoms with van der Waals surface area (Å²) in [6, 6.07) is 9.02. The fraction of sp³-hybridized carbons (Fsp3) is 0.571.